The highest BCUT2D eigenvalue weighted by Crippen LogP contribution is 2.42. The average molecular weight is 296 g/mol. The lowest BCUT2D eigenvalue weighted by Crippen LogP contribution is -2.37. The molecule has 1 saturated carbocycles. The third kappa shape index (κ3) is 3.92. The van der Waals surface area contributed by atoms with Crippen LogP contribution < -0.4 is 5.32 Å². The van der Waals surface area contributed by atoms with Crippen molar-refractivity contribution >= 4 is 17.5 Å². The Morgan fingerprint density at radius 1 is 1.40 bits per heavy atom. The smallest absolute Gasteiger partial charge is 0.271 e. The van der Waals surface area contributed by atoms with Gasteiger partial charge in [0.15, 0.2) is 0 Å². The van der Waals surface area contributed by atoms with E-state index in [0.29, 0.717) is 5.92 Å². The molecule has 2 rings (SSSR count). The first-order chi connectivity index (χ1) is 9.51. The first-order valence-corrected chi connectivity index (χ1v) is 7.64. The molecule has 1 aromatic rings. The molecule has 1 N–H and O–H groups in total. The molecule has 0 bridgehead atoms. The van der Waals surface area contributed by atoms with E-state index in [1.165, 1.54) is 38.1 Å². The maximum absolute atomic E-state index is 12.1. The van der Waals surface area contributed by atoms with E-state index in [1.807, 2.05) is 0 Å². The second-order valence-electron chi connectivity index (χ2n) is 6.21. The summed E-state index contributed by atoms with van der Waals surface area (Å²) in [6.07, 6.45) is 8.97. The molecule has 1 heterocycles. The third-order valence-electron chi connectivity index (χ3n) is 3.97. The normalized spacial score (nSPS) is 17.4. The van der Waals surface area contributed by atoms with Gasteiger partial charge in [-0.2, -0.15) is 0 Å². The van der Waals surface area contributed by atoms with Crippen LogP contribution in [0.15, 0.2) is 12.4 Å². The molecule has 1 aromatic heterocycles. The molecule has 110 valence electrons. The third-order valence-corrected chi connectivity index (χ3v) is 4.15. The van der Waals surface area contributed by atoms with Crippen molar-refractivity contribution in [1.82, 2.24) is 15.3 Å². The lowest BCUT2D eigenvalue weighted by molar-refractivity contribution is 0.0916. The first-order valence-electron chi connectivity index (χ1n) is 7.26. The number of halogens is 1. The Bertz CT molecular complexity index is 470. The summed E-state index contributed by atoms with van der Waals surface area (Å²) in [6.45, 7) is 5.20. The van der Waals surface area contributed by atoms with Gasteiger partial charge in [0.2, 0.25) is 0 Å². The number of hydrogen-bond donors (Lipinski definition) is 1. The van der Waals surface area contributed by atoms with Gasteiger partial charge >= 0.3 is 0 Å². The maximum atomic E-state index is 12.1. The monoisotopic (exact) mass is 295 g/mol. The average Bonchev–Trinajstić information content (AvgIpc) is 2.84. The van der Waals surface area contributed by atoms with Crippen LogP contribution in [-0.2, 0) is 0 Å². The summed E-state index contributed by atoms with van der Waals surface area (Å²) < 4.78 is 0. The summed E-state index contributed by atoms with van der Waals surface area (Å²) in [5.74, 6) is 0.464. The largest absolute Gasteiger partial charge is 0.350 e. The highest BCUT2D eigenvalue weighted by atomic mass is 35.5. The van der Waals surface area contributed by atoms with Crippen LogP contribution in [0.4, 0.5) is 0 Å². The Balaban J connectivity index is 1.97. The van der Waals surface area contributed by atoms with E-state index in [1.54, 1.807) is 0 Å². The van der Waals surface area contributed by atoms with Gasteiger partial charge in [-0.1, -0.05) is 38.3 Å². The molecule has 0 radical (unpaired) electrons. The van der Waals surface area contributed by atoms with Crippen LogP contribution in [0.2, 0.25) is 5.15 Å². The Morgan fingerprint density at radius 2 is 2.10 bits per heavy atom. The Morgan fingerprint density at radius 3 is 2.70 bits per heavy atom. The van der Waals surface area contributed by atoms with Gasteiger partial charge in [-0.05, 0) is 30.6 Å². The minimum absolute atomic E-state index is 0.185. The van der Waals surface area contributed by atoms with E-state index in [9.17, 15) is 4.79 Å². The van der Waals surface area contributed by atoms with E-state index >= 15 is 0 Å². The molecule has 5 heteroatoms. The fraction of sp³-hybridized carbons (Fsp3) is 0.667. The predicted octanol–water partition coefficient (Wildman–Crippen LogP) is 3.47. The summed E-state index contributed by atoms with van der Waals surface area (Å²) in [5.41, 5.74) is 0.547. The van der Waals surface area contributed by atoms with Crippen molar-refractivity contribution in [3.63, 3.8) is 0 Å². The van der Waals surface area contributed by atoms with Crippen molar-refractivity contribution in [2.45, 2.75) is 46.0 Å². The van der Waals surface area contributed by atoms with Crippen molar-refractivity contribution in [3.8, 4) is 0 Å². The van der Waals surface area contributed by atoms with Crippen LogP contribution in [0.1, 0.15) is 56.4 Å². The number of aromatic nitrogens is 2. The van der Waals surface area contributed by atoms with Crippen molar-refractivity contribution in [3.05, 3.63) is 23.2 Å². The van der Waals surface area contributed by atoms with Gasteiger partial charge in [-0.25, -0.2) is 4.98 Å². The number of rotatable bonds is 5. The van der Waals surface area contributed by atoms with Gasteiger partial charge in [0.1, 0.15) is 10.8 Å². The number of hydrogen-bond acceptors (Lipinski definition) is 3. The molecule has 1 aliphatic rings. The quantitative estimate of drug-likeness (QED) is 0.905. The molecule has 0 atom stereocenters. The first kappa shape index (κ1) is 15.2. The van der Waals surface area contributed by atoms with Gasteiger partial charge in [-0.3, -0.25) is 9.78 Å². The standard InChI is InChI=1S/C15H22ClN3O/c1-11(2)7-15(5-3-4-6-15)10-18-14(20)12-8-17-9-13(16)19-12/h8-9,11H,3-7,10H2,1-2H3,(H,18,20). The van der Waals surface area contributed by atoms with E-state index in [-0.39, 0.29) is 22.2 Å². The number of carbonyl (C=O) groups is 1. The fourth-order valence-corrected chi connectivity index (χ4v) is 3.40. The van der Waals surface area contributed by atoms with Gasteiger partial charge < -0.3 is 5.32 Å². The molecular weight excluding hydrogens is 274 g/mol. The zero-order valence-corrected chi connectivity index (χ0v) is 12.9. The Labute approximate surface area is 125 Å². The van der Waals surface area contributed by atoms with Gasteiger partial charge in [0.25, 0.3) is 5.91 Å². The topological polar surface area (TPSA) is 54.9 Å². The molecule has 0 aliphatic heterocycles. The zero-order valence-electron chi connectivity index (χ0n) is 12.2. The van der Waals surface area contributed by atoms with E-state index in [4.69, 9.17) is 11.6 Å². The fourth-order valence-electron chi connectivity index (χ4n) is 3.25. The zero-order chi connectivity index (χ0) is 14.6. The summed E-state index contributed by atoms with van der Waals surface area (Å²) in [6, 6.07) is 0. The number of amides is 1. The van der Waals surface area contributed by atoms with Crippen LogP contribution >= 0.6 is 11.6 Å². The molecular formula is C15H22ClN3O. The SMILES string of the molecule is CC(C)CC1(CNC(=O)c2cncc(Cl)n2)CCCC1. The van der Waals surface area contributed by atoms with Crippen molar-refractivity contribution < 1.29 is 4.79 Å². The molecule has 4 nitrogen and oxygen atoms in total. The van der Waals surface area contributed by atoms with Crippen LogP contribution in [-0.4, -0.2) is 22.4 Å². The maximum Gasteiger partial charge on any atom is 0.271 e. The highest BCUT2D eigenvalue weighted by molar-refractivity contribution is 6.29. The molecule has 0 spiro atoms. The Kier molecular flexibility index (Phi) is 4.97. The van der Waals surface area contributed by atoms with Gasteiger partial charge in [0.05, 0.1) is 12.4 Å². The van der Waals surface area contributed by atoms with E-state index in [0.717, 1.165) is 13.0 Å². The van der Waals surface area contributed by atoms with Crippen molar-refractivity contribution in [1.29, 1.82) is 0 Å². The minimum Gasteiger partial charge on any atom is -0.350 e. The molecule has 0 aromatic carbocycles. The Hall–Kier alpha value is -1.16. The molecule has 1 amide bonds. The van der Waals surface area contributed by atoms with Crippen LogP contribution in [0.5, 0.6) is 0 Å². The van der Waals surface area contributed by atoms with Crippen LogP contribution in [0, 0.1) is 11.3 Å². The highest BCUT2D eigenvalue weighted by Gasteiger charge is 2.34. The van der Waals surface area contributed by atoms with E-state index < -0.39 is 0 Å². The summed E-state index contributed by atoms with van der Waals surface area (Å²) in [7, 11) is 0. The lowest BCUT2D eigenvalue weighted by Gasteiger charge is -2.31. The summed E-state index contributed by atoms with van der Waals surface area (Å²) >= 11 is 5.76. The molecule has 1 aliphatic carbocycles. The lowest BCUT2D eigenvalue weighted by atomic mass is 9.78. The number of nitrogens with zero attached hydrogens (tertiary/aromatic N) is 2. The van der Waals surface area contributed by atoms with Crippen molar-refractivity contribution in [2.24, 2.45) is 11.3 Å². The van der Waals surface area contributed by atoms with Crippen LogP contribution in [0.25, 0.3) is 0 Å². The summed E-state index contributed by atoms with van der Waals surface area (Å²) in [4.78, 5) is 20.0. The molecule has 20 heavy (non-hydrogen) atoms. The predicted molar refractivity (Wildman–Crippen MR) is 79.7 cm³/mol. The van der Waals surface area contributed by atoms with E-state index in [2.05, 4.69) is 29.1 Å². The molecule has 0 unspecified atom stereocenters. The molecule has 1 fully saturated rings. The van der Waals surface area contributed by atoms with Crippen molar-refractivity contribution in [2.75, 3.05) is 6.54 Å². The number of nitrogens with one attached hydrogen (secondary N) is 1. The van der Waals surface area contributed by atoms with Gasteiger partial charge in [0, 0.05) is 6.54 Å². The second-order valence-corrected chi connectivity index (χ2v) is 6.60. The molecule has 0 saturated heterocycles. The summed E-state index contributed by atoms with van der Waals surface area (Å²) in [5, 5.41) is 3.26. The van der Waals surface area contributed by atoms with Crippen LogP contribution in [0.3, 0.4) is 0 Å². The van der Waals surface area contributed by atoms with Gasteiger partial charge in [-0.15, -0.1) is 0 Å². The number of carbonyl (C=O) groups excluding carboxylic acids is 1. The minimum atomic E-state index is -0.185. The second kappa shape index (κ2) is 6.53.